The highest BCUT2D eigenvalue weighted by molar-refractivity contribution is 6.29. The fourth-order valence-corrected chi connectivity index (χ4v) is 8.47. The number of aliphatic hydroxyl groups is 1. The van der Waals surface area contributed by atoms with Gasteiger partial charge in [0.25, 0.3) is 0 Å². The number of ether oxygens (including phenoxy) is 2. The Balaban J connectivity index is 1.63. The predicted molar refractivity (Wildman–Crippen MR) is 112 cm³/mol. The summed E-state index contributed by atoms with van der Waals surface area (Å²) in [6.07, 6.45) is 2.28. The SMILES string of the molecule is CC1(C)O[C@@H]2C[C@@H]3[C@@H]4CCC5=CC(=O)CC[C@]5(C)[C@]4(F)[C@H](O)C[C@]3(C)[C@]2(C(=O)CCl)O1. The van der Waals surface area contributed by atoms with Crippen molar-refractivity contribution in [3.63, 3.8) is 0 Å². The minimum Gasteiger partial charge on any atom is -0.390 e. The minimum atomic E-state index is -1.86. The van der Waals surface area contributed by atoms with Gasteiger partial charge in [-0.15, -0.1) is 11.6 Å². The van der Waals surface area contributed by atoms with Crippen LogP contribution < -0.4 is 0 Å². The molecule has 0 amide bonds. The van der Waals surface area contributed by atoms with Gasteiger partial charge in [0.05, 0.1) is 18.1 Å². The van der Waals surface area contributed by atoms with Crippen molar-refractivity contribution in [3.8, 4) is 0 Å². The predicted octanol–water partition coefficient (Wildman–Crippen LogP) is 3.89. The van der Waals surface area contributed by atoms with Gasteiger partial charge in [0.1, 0.15) is 5.67 Å². The van der Waals surface area contributed by atoms with Crippen LogP contribution in [0.2, 0.25) is 0 Å². The van der Waals surface area contributed by atoms with Crippen molar-refractivity contribution in [2.45, 2.75) is 95.5 Å². The van der Waals surface area contributed by atoms with Crippen LogP contribution in [0.3, 0.4) is 0 Å². The molecule has 1 N–H and O–H groups in total. The first-order valence-electron chi connectivity index (χ1n) is 11.4. The van der Waals surface area contributed by atoms with Gasteiger partial charge < -0.3 is 14.6 Å². The number of alkyl halides is 2. The van der Waals surface area contributed by atoms with Crippen molar-refractivity contribution in [1.82, 2.24) is 0 Å². The molecule has 0 radical (unpaired) electrons. The van der Waals surface area contributed by atoms with Gasteiger partial charge in [-0.1, -0.05) is 19.4 Å². The molecule has 5 nitrogen and oxygen atoms in total. The lowest BCUT2D eigenvalue weighted by atomic mass is 9.44. The zero-order valence-electron chi connectivity index (χ0n) is 18.7. The van der Waals surface area contributed by atoms with Crippen molar-refractivity contribution < 1.29 is 28.6 Å². The number of allylic oxidation sites excluding steroid dienone is 1. The molecule has 1 aliphatic heterocycles. The Kier molecular flexibility index (Phi) is 4.54. The summed E-state index contributed by atoms with van der Waals surface area (Å²) >= 11 is 6.05. The molecule has 3 saturated carbocycles. The molecule has 8 atom stereocenters. The smallest absolute Gasteiger partial charge is 0.182 e. The van der Waals surface area contributed by atoms with E-state index >= 15 is 4.39 Å². The third-order valence-electron chi connectivity index (χ3n) is 9.57. The lowest BCUT2D eigenvalue weighted by Crippen LogP contribution is -2.70. The van der Waals surface area contributed by atoms with E-state index in [1.54, 1.807) is 19.9 Å². The molecule has 0 aromatic carbocycles. The zero-order chi connectivity index (χ0) is 22.6. The van der Waals surface area contributed by atoms with Crippen LogP contribution in [0.25, 0.3) is 0 Å². The van der Waals surface area contributed by atoms with Crippen molar-refractivity contribution in [1.29, 1.82) is 0 Å². The number of fused-ring (bicyclic) bond motifs is 7. The monoisotopic (exact) mass is 454 g/mol. The topological polar surface area (TPSA) is 72.8 Å². The quantitative estimate of drug-likeness (QED) is 0.641. The Bertz CT molecular complexity index is 887. The van der Waals surface area contributed by atoms with E-state index in [0.29, 0.717) is 32.1 Å². The number of ketones is 2. The summed E-state index contributed by atoms with van der Waals surface area (Å²) in [7, 11) is 0. The summed E-state index contributed by atoms with van der Waals surface area (Å²) < 4.78 is 29.7. The number of carbonyl (C=O) groups excluding carboxylic acids is 2. The Morgan fingerprint density at radius 3 is 2.65 bits per heavy atom. The molecule has 31 heavy (non-hydrogen) atoms. The van der Waals surface area contributed by atoms with E-state index in [4.69, 9.17) is 21.1 Å². The molecule has 1 heterocycles. The van der Waals surface area contributed by atoms with E-state index < -0.39 is 46.0 Å². The van der Waals surface area contributed by atoms with E-state index in [9.17, 15) is 14.7 Å². The number of aliphatic hydroxyl groups excluding tert-OH is 1. The van der Waals surface area contributed by atoms with E-state index in [1.165, 1.54) is 0 Å². The van der Waals surface area contributed by atoms with Gasteiger partial charge in [-0.2, -0.15) is 0 Å². The molecule has 0 bridgehead atoms. The lowest BCUT2D eigenvalue weighted by molar-refractivity contribution is -0.250. The van der Waals surface area contributed by atoms with Crippen LogP contribution in [0.15, 0.2) is 11.6 Å². The Labute approximate surface area is 187 Å². The molecule has 4 aliphatic carbocycles. The van der Waals surface area contributed by atoms with Crippen LogP contribution in [0.4, 0.5) is 4.39 Å². The molecule has 1 saturated heterocycles. The van der Waals surface area contributed by atoms with Gasteiger partial charge in [0.15, 0.2) is 23.0 Å². The number of halogens is 2. The van der Waals surface area contributed by atoms with E-state index in [1.807, 2.05) is 13.8 Å². The van der Waals surface area contributed by atoms with E-state index in [2.05, 4.69) is 0 Å². The average Bonchev–Trinajstić information content (AvgIpc) is 3.09. The molecule has 0 spiro atoms. The summed E-state index contributed by atoms with van der Waals surface area (Å²) in [5, 5.41) is 11.4. The zero-order valence-corrected chi connectivity index (χ0v) is 19.4. The number of hydrogen-bond acceptors (Lipinski definition) is 5. The first-order chi connectivity index (χ1) is 14.4. The summed E-state index contributed by atoms with van der Waals surface area (Å²) in [5.41, 5.74) is -4.00. The van der Waals surface area contributed by atoms with Crippen LogP contribution in [-0.4, -0.2) is 51.8 Å². The van der Waals surface area contributed by atoms with Gasteiger partial charge >= 0.3 is 0 Å². The maximum Gasteiger partial charge on any atom is 0.182 e. The molecular formula is C24H32ClFO5. The number of carbonyl (C=O) groups is 2. The van der Waals surface area contributed by atoms with Gasteiger partial charge in [0.2, 0.25) is 0 Å². The maximum absolute atomic E-state index is 17.2. The van der Waals surface area contributed by atoms with Crippen LogP contribution >= 0.6 is 11.6 Å². The van der Waals surface area contributed by atoms with Crippen LogP contribution in [0.5, 0.6) is 0 Å². The fraction of sp³-hybridized carbons (Fsp3) is 0.833. The van der Waals surface area contributed by atoms with Crippen LogP contribution in [-0.2, 0) is 19.1 Å². The van der Waals surface area contributed by atoms with Crippen molar-refractivity contribution in [2.24, 2.45) is 22.7 Å². The molecule has 0 unspecified atom stereocenters. The molecule has 7 heteroatoms. The summed E-state index contributed by atoms with van der Waals surface area (Å²) in [6, 6.07) is 0. The van der Waals surface area contributed by atoms with Gasteiger partial charge in [-0.05, 0) is 57.9 Å². The molecule has 0 aromatic heterocycles. The van der Waals surface area contributed by atoms with E-state index in [-0.39, 0.29) is 29.8 Å². The summed E-state index contributed by atoms with van der Waals surface area (Å²) in [4.78, 5) is 25.3. The Hall–Kier alpha value is -0.820. The Morgan fingerprint density at radius 1 is 1.26 bits per heavy atom. The number of hydrogen-bond donors (Lipinski definition) is 1. The van der Waals surface area contributed by atoms with Crippen molar-refractivity contribution in [2.75, 3.05) is 5.88 Å². The molecule has 0 aromatic rings. The highest BCUT2D eigenvalue weighted by Gasteiger charge is 2.80. The number of rotatable bonds is 2. The lowest BCUT2D eigenvalue weighted by Gasteiger charge is -2.63. The first kappa shape index (κ1) is 22.0. The third-order valence-corrected chi connectivity index (χ3v) is 9.81. The maximum atomic E-state index is 17.2. The molecule has 5 rings (SSSR count). The highest BCUT2D eigenvalue weighted by Crippen LogP contribution is 2.72. The summed E-state index contributed by atoms with van der Waals surface area (Å²) in [5.74, 6) is -2.02. The number of Topliss-reactive ketones (excluding diaryl/α,β-unsaturated/α-hetero) is 1. The van der Waals surface area contributed by atoms with Gasteiger partial charge in [-0.3, -0.25) is 9.59 Å². The average molecular weight is 455 g/mol. The molecule has 4 fully saturated rings. The minimum absolute atomic E-state index is 0.0377. The van der Waals surface area contributed by atoms with Gasteiger partial charge in [-0.25, -0.2) is 4.39 Å². The standard InChI is InChI=1S/C24H32ClFO5/c1-20(2)30-19-10-16-15-6-5-13-9-14(27)7-8-21(13,3)23(15,26)17(28)11-22(16,4)24(19,31-20)18(29)12-25/h9,15-17,19,28H,5-8,10-12H2,1-4H3/t15-,16+,17+,19+,21-,22-,23+,24+/m0/s1. The molecule has 5 aliphatic rings. The normalized spacial score (nSPS) is 52.6. The summed E-state index contributed by atoms with van der Waals surface area (Å²) in [6.45, 7) is 7.38. The second-order valence-corrected chi connectivity index (χ2v) is 11.5. The van der Waals surface area contributed by atoms with Crippen molar-refractivity contribution in [3.05, 3.63) is 11.6 Å². The van der Waals surface area contributed by atoms with Crippen molar-refractivity contribution >= 4 is 23.2 Å². The van der Waals surface area contributed by atoms with Gasteiger partial charge in [0, 0.05) is 23.2 Å². The highest BCUT2D eigenvalue weighted by atomic mass is 35.5. The molecular weight excluding hydrogens is 423 g/mol. The fourth-order valence-electron chi connectivity index (χ4n) is 8.27. The Morgan fingerprint density at radius 2 is 1.97 bits per heavy atom. The largest absolute Gasteiger partial charge is 0.390 e. The molecule has 172 valence electrons. The van der Waals surface area contributed by atoms with Crippen LogP contribution in [0.1, 0.15) is 66.2 Å². The van der Waals surface area contributed by atoms with E-state index in [0.717, 1.165) is 5.57 Å². The third kappa shape index (κ3) is 2.43. The first-order valence-corrected chi connectivity index (χ1v) is 12.0. The second kappa shape index (κ2) is 6.40. The van der Waals surface area contributed by atoms with Crippen LogP contribution in [0, 0.1) is 22.7 Å². The second-order valence-electron chi connectivity index (χ2n) is 11.3.